The van der Waals surface area contributed by atoms with E-state index < -0.39 is 0 Å². The van der Waals surface area contributed by atoms with Gasteiger partial charge < -0.3 is 10.2 Å². The van der Waals surface area contributed by atoms with E-state index in [4.69, 9.17) is 0 Å². The van der Waals surface area contributed by atoms with Crippen LogP contribution in [0.15, 0.2) is 42.7 Å². The molecule has 0 fully saturated rings. The van der Waals surface area contributed by atoms with Gasteiger partial charge in [0.15, 0.2) is 0 Å². The molecule has 1 heterocycles. The second-order valence-electron chi connectivity index (χ2n) is 5.30. The highest BCUT2D eigenvalue weighted by Crippen LogP contribution is 2.22. The first kappa shape index (κ1) is 16.9. The Morgan fingerprint density at radius 2 is 1.91 bits per heavy atom. The predicted octanol–water partition coefficient (Wildman–Crippen LogP) is 3.55. The molecule has 0 spiro atoms. The lowest BCUT2D eigenvalue weighted by molar-refractivity contribution is 0.0948. The molecular formula is C18H24N4O. The van der Waals surface area contributed by atoms with Crippen LogP contribution in [-0.4, -0.2) is 29.0 Å². The summed E-state index contributed by atoms with van der Waals surface area (Å²) in [7, 11) is 0. The number of rotatable bonds is 8. The Kier molecular flexibility index (Phi) is 6.54. The third-order valence-corrected chi connectivity index (χ3v) is 3.61. The number of carbonyl (C=O) groups excluding carboxylic acids is 1. The van der Waals surface area contributed by atoms with Crippen LogP contribution >= 0.6 is 0 Å². The van der Waals surface area contributed by atoms with Gasteiger partial charge in [0.05, 0.1) is 0 Å². The third kappa shape index (κ3) is 4.77. The van der Waals surface area contributed by atoms with Crippen molar-refractivity contribution < 1.29 is 4.79 Å². The van der Waals surface area contributed by atoms with Crippen LogP contribution in [0.3, 0.4) is 0 Å². The first-order valence-corrected chi connectivity index (χ1v) is 8.19. The van der Waals surface area contributed by atoms with Gasteiger partial charge >= 0.3 is 0 Å². The largest absolute Gasteiger partial charge is 0.351 e. The van der Waals surface area contributed by atoms with Crippen LogP contribution < -0.4 is 10.2 Å². The highest BCUT2D eigenvalue weighted by atomic mass is 16.1. The van der Waals surface area contributed by atoms with Crippen molar-refractivity contribution >= 4 is 17.4 Å². The molecule has 2 aromatic rings. The number of para-hydroxylation sites is 1. The van der Waals surface area contributed by atoms with Crippen LogP contribution in [0.25, 0.3) is 0 Å². The zero-order valence-electron chi connectivity index (χ0n) is 13.8. The predicted molar refractivity (Wildman–Crippen MR) is 93.0 cm³/mol. The van der Waals surface area contributed by atoms with Crippen molar-refractivity contribution in [3.05, 3.63) is 48.4 Å². The molecule has 1 amide bonds. The van der Waals surface area contributed by atoms with E-state index in [1.54, 1.807) is 6.07 Å². The first-order chi connectivity index (χ1) is 11.3. The Labute approximate surface area is 137 Å². The fourth-order valence-corrected chi connectivity index (χ4v) is 2.37. The molecule has 0 saturated carbocycles. The Morgan fingerprint density at radius 1 is 1.13 bits per heavy atom. The number of benzene rings is 1. The lowest BCUT2D eigenvalue weighted by atomic mass is 10.2. The van der Waals surface area contributed by atoms with Crippen molar-refractivity contribution in [2.75, 3.05) is 18.0 Å². The molecule has 0 radical (unpaired) electrons. The van der Waals surface area contributed by atoms with Gasteiger partial charge in [-0.2, -0.15) is 0 Å². The summed E-state index contributed by atoms with van der Waals surface area (Å²) < 4.78 is 0. The molecule has 0 aliphatic carbocycles. The van der Waals surface area contributed by atoms with E-state index in [9.17, 15) is 4.79 Å². The normalized spacial score (nSPS) is 10.3. The first-order valence-electron chi connectivity index (χ1n) is 8.19. The molecule has 0 aliphatic rings. The van der Waals surface area contributed by atoms with Crippen LogP contribution in [0.5, 0.6) is 0 Å². The van der Waals surface area contributed by atoms with E-state index >= 15 is 0 Å². The van der Waals surface area contributed by atoms with Crippen LogP contribution in [0.1, 0.15) is 43.6 Å². The van der Waals surface area contributed by atoms with Crippen molar-refractivity contribution in [2.24, 2.45) is 0 Å². The number of hydrogen-bond acceptors (Lipinski definition) is 4. The maximum absolute atomic E-state index is 12.2. The van der Waals surface area contributed by atoms with E-state index in [1.165, 1.54) is 6.33 Å². The summed E-state index contributed by atoms with van der Waals surface area (Å²) in [5, 5.41) is 2.91. The number of hydrogen-bond donors (Lipinski definition) is 1. The number of amides is 1. The van der Waals surface area contributed by atoms with Gasteiger partial charge in [0.1, 0.15) is 17.8 Å². The summed E-state index contributed by atoms with van der Waals surface area (Å²) in [6, 6.07) is 11.7. The zero-order chi connectivity index (χ0) is 16.5. The average Bonchev–Trinajstić information content (AvgIpc) is 2.60. The summed E-state index contributed by atoms with van der Waals surface area (Å²) in [5.74, 6) is 0.585. The molecule has 2 rings (SSSR count). The standard InChI is InChI=1S/C18H24N4O/c1-3-5-9-12-19-18(23)16-13-17(21-14-20-16)22(4-2)15-10-7-6-8-11-15/h6-8,10-11,13-14H,3-5,9,12H2,1-2H3,(H,19,23). The van der Waals surface area contributed by atoms with Gasteiger partial charge in [0, 0.05) is 24.8 Å². The molecule has 1 aromatic heterocycles. The van der Waals surface area contributed by atoms with Crippen molar-refractivity contribution in [3.63, 3.8) is 0 Å². The van der Waals surface area contributed by atoms with E-state index in [1.807, 2.05) is 30.3 Å². The fourth-order valence-electron chi connectivity index (χ4n) is 2.37. The lowest BCUT2D eigenvalue weighted by Gasteiger charge is -2.22. The number of unbranched alkanes of at least 4 members (excludes halogenated alkanes) is 2. The minimum Gasteiger partial charge on any atom is -0.351 e. The summed E-state index contributed by atoms with van der Waals surface area (Å²) in [6.45, 7) is 5.64. The van der Waals surface area contributed by atoms with Gasteiger partial charge in [-0.05, 0) is 25.5 Å². The Balaban J connectivity index is 2.10. The molecule has 0 bridgehead atoms. The van der Waals surface area contributed by atoms with Gasteiger partial charge in [-0.3, -0.25) is 4.79 Å². The second kappa shape index (κ2) is 8.88. The number of nitrogens with one attached hydrogen (secondary N) is 1. The number of carbonyl (C=O) groups is 1. The maximum Gasteiger partial charge on any atom is 0.270 e. The molecular weight excluding hydrogens is 288 g/mol. The quantitative estimate of drug-likeness (QED) is 0.757. The van der Waals surface area contributed by atoms with Gasteiger partial charge in [0.25, 0.3) is 5.91 Å². The fraction of sp³-hybridized carbons (Fsp3) is 0.389. The van der Waals surface area contributed by atoms with Crippen LogP contribution in [0, 0.1) is 0 Å². The van der Waals surface area contributed by atoms with Gasteiger partial charge in [0.2, 0.25) is 0 Å². The third-order valence-electron chi connectivity index (χ3n) is 3.61. The Morgan fingerprint density at radius 3 is 2.61 bits per heavy atom. The number of aromatic nitrogens is 2. The molecule has 1 N–H and O–H groups in total. The maximum atomic E-state index is 12.2. The summed E-state index contributed by atoms with van der Waals surface area (Å²) in [6.07, 6.45) is 4.69. The monoisotopic (exact) mass is 312 g/mol. The molecule has 122 valence electrons. The minimum absolute atomic E-state index is 0.145. The smallest absolute Gasteiger partial charge is 0.270 e. The highest BCUT2D eigenvalue weighted by Gasteiger charge is 2.13. The number of nitrogens with zero attached hydrogens (tertiary/aromatic N) is 3. The van der Waals surface area contributed by atoms with Gasteiger partial charge in [-0.1, -0.05) is 38.0 Å². The van der Waals surface area contributed by atoms with E-state index in [0.29, 0.717) is 12.2 Å². The van der Waals surface area contributed by atoms with Gasteiger partial charge in [-0.25, -0.2) is 9.97 Å². The van der Waals surface area contributed by atoms with Gasteiger partial charge in [-0.15, -0.1) is 0 Å². The number of anilines is 2. The van der Waals surface area contributed by atoms with Crippen molar-refractivity contribution in [1.82, 2.24) is 15.3 Å². The minimum atomic E-state index is -0.145. The van der Waals surface area contributed by atoms with Crippen LogP contribution in [0.2, 0.25) is 0 Å². The highest BCUT2D eigenvalue weighted by molar-refractivity contribution is 5.93. The average molecular weight is 312 g/mol. The van der Waals surface area contributed by atoms with Crippen molar-refractivity contribution in [2.45, 2.75) is 33.1 Å². The summed E-state index contributed by atoms with van der Waals surface area (Å²) in [5.41, 5.74) is 1.45. The molecule has 0 unspecified atom stereocenters. The summed E-state index contributed by atoms with van der Waals surface area (Å²) >= 11 is 0. The van der Waals surface area contributed by atoms with Crippen molar-refractivity contribution in [3.8, 4) is 0 Å². The molecule has 0 atom stereocenters. The van der Waals surface area contributed by atoms with Crippen LogP contribution in [-0.2, 0) is 0 Å². The Bertz CT molecular complexity index is 615. The molecule has 1 aromatic carbocycles. The topological polar surface area (TPSA) is 58.1 Å². The molecule has 23 heavy (non-hydrogen) atoms. The second-order valence-corrected chi connectivity index (χ2v) is 5.30. The summed E-state index contributed by atoms with van der Waals surface area (Å²) in [4.78, 5) is 22.7. The molecule has 5 heteroatoms. The van der Waals surface area contributed by atoms with E-state index in [-0.39, 0.29) is 5.91 Å². The molecule has 0 saturated heterocycles. The Hall–Kier alpha value is -2.43. The van der Waals surface area contributed by atoms with E-state index in [2.05, 4.69) is 34.0 Å². The molecule has 0 aliphatic heterocycles. The SMILES string of the molecule is CCCCCNC(=O)c1cc(N(CC)c2ccccc2)ncn1. The van der Waals surface area contributed by atoms with Crippen LogP contribution in [0.4, 0.5) is 11.5 Å². The zero-order valence-corrected chi connectivity index (χ0v) is 13.8. The van der Waals surface area contributed by atoms with Crippen molar-refractivity contribution in [1.29, 1.82) is 0 Å². The molecule has 5 nitrogen and oxygen atoms in total. The lowest BCUT2D eigenvalue weighted by Crippen LogP contribution is -2.26. The van der Waals surface area contributed by atoms with E-state index in [0.717, 1.165) is 37.3 Å².